The first-order valence-electron chi connectivity index (χ1n) is 18.0. The number of carbonyl (C=O) groups excluding carboxylic acids is 1. The normalized spacial score (nSPS) is 12.3. The smallest absolute Gasteiger partial charge is 0.409 e. The Kier molecular flexibility index (Phi) is 23.4. The van der Waals surface area contributed by atoms with Crippen molar-refractivity contribution in [3.05, 3.63) is 59.7 Å². The van der Waals surface area contributed by atoms with Crippen LogP contribution in [0.1, 0.15) is 36.8 Å². The first kappa shape index (κ1) is 41.8. The summed E-state index contributed by atoms with van der Waals surface area (Å²) < 4.78 is 55.2. The third kappa shape index (κ3) is 17.5. The van der Waals surface area contributed by atoms with Crippen LogP contribution in [0.5, 0.6) is 0 Å². The number of rotatable bonds is 32. The maximum atomic E-state index is 12.6. The second-order valence-electron chi connectivity index (χ2n) is 11.6. The molecule has 0 N–H and O–H groups in total. The first-order valence-corrected chi connectivity index (χ1v) is 18.0. The van der Waals surface area contributed by atoms with Crippen molar-refractivity contribution >= 4 is 6.09 Å². The Balaban J connectivity index is 1.00. The molecule has 1 aliphatic carbocycles. The lowest BCUT2D eigenvalue weighted by molar-refractivity contribution is -0.0252. The number of fused-ring (bicyclic) bond motifs is 3. The molecule has 3 rings (SSSR count). The molecule has 0 radical (unpaired) electrons. The van der Waals surface area contributed by atoms with E-state index in [1.165, 1.54) is 27.2 Å². The average molecular weight is 706 g/mol. The first-order chi connectivity index (χ1) is 24.7. The van der Waals surface area contributed by atoms with E-state index in [4.69, 9.17) is 47.4 Å². The lowest BCUT2D eigenvalue weighted by Crippen LogP contribution is -2.32. The molecule has 0 saturated heterocycles. The summed E-state index contributed by atoms with van der Waals surface area (Å²) in [5.74, 6) is 0.0423. The van der Waals surface area contributed by atoms with Gasteiger partial charge >= 0.3 is 6.09 Å². The quantitative estimate of drug-likeness (QED) is 0.0978. The van der Waals surface area contributed by atoms with Crippen molar-refractivity contribution in [3.8, 4) is 11.1 Å². The number of benzene rings is 2. The molecular formula is C38H59NO11. The summed E-state index contributed by atoms with van der Waals surface area (Å²) in [4.78, 5) is 14.1. The number of carbonyl (C=O) groups is 1. The van der Waals surface area contributed by atoms with Crippen LogP contribution in [0.15, 0.2) is 48.5 Å². The van der Waals surface area contributed by atoms with E-state index in [-0.39, 0.29) is 12.0 Å². The Morgan fingerprint density at radius 3 is 1.24 bits per heavy atom. The molecule has 2 aromatic rings. The van der Waals surface area contributed by atoms with E-state index in [1.54, 1.807) is 7.05 Å². The average Bonchev–Trinajstić information content (AvgIpc) is 3.46. The van der Waals surface area contributed by atoms with E-state index >= 15 is 0 Å². The summed E-state index contributed by atoms with van der Waals surface area (Å²) in [7, 11) is 1.72. The van der Waals surface area contributed by atoms with Crippen molar-refractivity contribution in [1.29, 1.82) is 0 Å². The molecule has 282 valence electrons. The van der Waals surface area contributed by atoms with Crippen LogP contribution < -0.4 is 0 Å². The molecule has 0 heterocycles. The van der Waals surface area contributed by atoms with E-state index in [0.29, 0.717) is 125 Å². The zero-order chi connectivity index (χ0) is 35.3. The van der Waals surface area contributed by atoms with Gasteiger partial charge in [-0.05, 0) is 28.7 Å². The predicted octanol–water partition coefficient (Wildman–Crippen LogP) is 4.82. The van der Waals surface area contributed by atoms with Gasteiger partial charge in [0.15, 0.2) is 0 Å². The monoisotopic (exact) mass is 705 g/mol. The second-order valence-corrected chi connectivity index (χ2v) is 11.6. The van der Waals surface area contributed by atoms with Crippen LogP contribution in [0.25, 0.3) is 11.1 Å². The molecule has 0 fully saturated rings. The molecule has 0 saturated carbocycles. The van der Waals surface area contributed by atoms with Crippen molar-refractivity contribution in [1.82, 2.24) is 4.90 Å². The Morgan fingerprint density at radius 2 is 0.860 bits per heavy atom. The summed E-state index contributed by atoms with van der Waals surface area (Å²) in [6.45, 7) is 12.3. The standard InChI is InChI=1S/C38H59NO11/c1-3-4-14-41-16-18-43-20-22-45-24-26-47-28-30-49-31-29-48-27-25-46-23-21-44-19-17-42-15-13-39(2)38(40)50-32-37-35-11-7-5-9-33(35)34-10-6-8-12-36(34)37/h5-12,37H,3-4,13-32H2,1-2H3. The molecule has 12 nitrogen and oxygen atoms in total. The zero-order valence-electron chi connectivity index (χ0n) is 30.2. The van der Waals surface area contributed by atoms with Gasteiger partial charge in [-0.25, -0.2) is 4.79 Å². The highest BCUT2D eigenvalue weighted by Gasteiger charge is 2.29. The molecule has 0 aliphatic heterocycles. The van der Waals surface area contributed by atoms with Gasteiger partial charge in [0.1, 0.15) is 6.61 Å². The summed E-state index contributed by atoms with van der Waals surface area (Å²) in [6, 6.07) is 16.6. The van der Waals surface area contributed by atoms with Crippen LogP contribution in [-0.2, 0) is 47.4 Å². The largest absolute Gasteiger partial charge is 0.448 e. The van der Waals surface area contributed by atoms with Crippen molar-refractivity contribution < 1.29 is 52.2 Å². The fourth-order valence-electron chi connectivity index (χ4n) is 5.10. The topological polar surface area (TPSA) is 113 Å². The Hall–Kier alpha value is -2.65. The number of ether oxygens (including phenoxy) is 10. The maximum absolute atomic E-state index is 12.6. The van der Waals surface area contributed by atoms with E-state index in [9.17, 15) is 4.79 Å². The van der Waals surface area contributed by atoms with Crippen LogP contribution in [0.2, 0.25) is 0 Å². The molecule has 2 aromatic carbocycles. The van der Waals surface area contributed by atoms with Gasteiger partial charge in [-0.1, -0.05) is 61.9 Å². The van der Waals surface area contributed by atoms with Gasteiger partial charge in [0.2, 0.25) is 0 Å². The van der Waals surface area contributed by atoms with Crippen LogP contribution in [0, 0.1) is 0 Å². The van der Waals surface area contributed by atoms with E-state index in [0.717, 1.165) is 19.4 Å². The Morgan fingerprint density at radius 1 is 0.520 bits per heavy atom. The van der Waals surface area contributed by atoms with Crippen LogP contribution in [-0.4, -0.2) is 150 Å². The van der Waals surface area contributed by atoms with Crippen molar-refractivity contribution in [2.45, 2.75) is 25.7 Å². The molecule has 0 aromatic heterocycles. The minimum Gasteiger partial charge on any atom is -0.448 e. The van der Waals surface area contributed by atoms with Crippen molar-refractivity contribution in [3.63, 3.8) is 0 Å². The number of likely N-dealkylation sites (N-methyl/N-ethyl adjacent to an activating group) is 1. The summed E-state index contributed by atoms with van der Waals surface area (Å²) in [5.41, 5.74) is 4.81. The van der Waals surface area contributed by atoms with Gasteiger partial charge in [-0.15, -0.1) is 0 Å². The second kappa shape index (κ2) is 28.0. The lowest BCUT2D eigenvalue weighted by Gasteiger charge is -2.19. The van der Waals surface area contributed by atoms with Gasteiger partial charge in [0.25, 0.3) is 0 Å². The summed E-state index contributed by atoms with van der Waals surface area (Å²) in [5, 5.41) is 0. The zero-order valence-corrected chi connectivity index (χ0v) is 30.2. The van der Waals surface area contributed by atoms with Gasteiger partial charge in [0.05, 0.1) is 112 Å². The molecule has 0 bridgehead atoms. The molecule has 0 unspecified atom stereocenters. The van der Waals surface area contributed by atoms with E-state index in [2.05, 4.69) is 31.2 Å². The predicted molar refractivity (Wildman–Crippen MR) is 190 cm³/mol. The number of unbranched alkanes of at least 4 members (excludes halogenated alkanes) is 1. The molecule has 1 aliphatic rings. The highest BCUT2D eigenvalue weighted by molar-refractivity contribution is 5.79. The Bertz CT molecular complexity index is 1090. The highest BCUT2D eigenvalue weighted by Crippen LogP contribution is 2.44. The molecule has 12 heteroatoms. The molecule has 1 amide bonds. The minimum atomic E-state index is -0.361. The number of hydrogen-bond donors (Lipinski definition) is 0. The molecule has 0 spiro atoms. The van der Waals surface area contributed by atoms with Crippen LogP contribution >= 0.6 is 0 Å². The summed E-state index contributed by atoms with van der Waals surface area (Å²) >= 11 is 0. The molecular weight excluding hydrogens is 646 g/mol. The third-order valence-electron chi connectivity index (χ3n) is 7.84. The third-order valence-corrected chi connectivity index (χ3v) is 7.84. The summed E-state index contributed by atoms with van der Waals surface area (Å²) in [6.07, 6.45) is 1.87. The lowest BCUT2D eigenvalue weighted by atomic mass is 9.98. The SMILES string of the molecule is CCCCOCCOCCOCCOCCOCCOCCOCCOCCOCCN(C)C(=O)OCC1c2ccccc2-c2ccccc21. The number of amides is 1. The van der Waals surface area contributed by atoms with E-state index < -0.39 is 0 Å². The molecule has 50 heavy (non-hydrogen) atoms. The van der Waals surface area contributed by atoms with E-state index in [1.807, 2.05) is 24.3 Å². The highest BCUT2D eigenvalue weighted by atomic mass is 16.6. The fraction of sp³-hybridized carbons (Fsp3) is 0.658. The van der Waals surface area contributed by atoms with Gasteiger partial charge in [-0.3, -0.25) is 0 Å². The minimum absolute atomic E-state index is 0.0423. The fourth-order valence-corrected chi connectivity index (χ4v) is 5.10. The van der Waals surface area contributed by atoms with Gasteiger partial charge in [-0.2, -0.15) is 0 Å². The number of nitrogens with zero attached hydrogens (tertiary/aromatic N) is 1. The number of hydrogen-bond acceptors (Lipinski definition) is 11. The maximum Gasteiger partial charge on any atom is 0.409 e. The van der Waals surface area contributed by atoms with Gasteiger partial charge < -0.3 is 52.3 Å². The van der Waals surface area contributed by atoms with Crippen molar-refractivity contribution in [2.24, 2.45) is 0 Å². The van der Waals surface area contributed by atoms with Crippen molar-refractivity contribution in [2.75, 3.05) is 139 Å². The molecule has 0 atom stereocenters. The van der Waals surface area contributed by atoms with Gasteiger partial charge in [0, 0.05) is 26.1 Å². The van der Waals surface area contributed by atoms with Crippen LogP contribution in [0.4, 0.5) is 4.79 Å². The Labute approximate surface area is 298 Å². The van der Waals surface area contributed by atoms with Crippen LogP contribution in [0.3, 0.4) is 0 Å².